The number of fused-ring (bicyclic) bond motifs is 1. The van der Waals surface area contributed by atoms with Gasteiger partial charge in [-0.1, -0.05) is 18.2 Å². The Balaban J connectivity index is 1.89. The van der Waals surface area contributed by atoms with E-state index in [0.717, 1.165) is 0 Å². The minimum Gasteiger partial charge on any atom is -0.375 e. The van der Waals surface area contributed by atoms with Crippen LogP contribution in [0.15, 0.2) is 52.1 Å². The molecular weight excluding hydrogens is 377 g/mol. The molecule has 3 aromatic rings. The topological polar surface area (TPSA) is 93.2 Å². The minimum atomic E-state index is -0.746. The lowest BCUT2D eigenvalue weighted by Crippen LogP contribution is -2.38. The zero-order valence-electron chi connectivity index (χ0n) is 16.4. The smallest absolute Gasteiger partial charge is 0.316 e. The lowest BCUT2D eigenvalue weighted by molar-refractivity contribution is 0.0625. The summed E-state index contributed by atoms with van der Waals surface area (Å²) in [5.74, 6) is -0.825. The van der Waals surface area contributed by atoms with E-state index in [1.54, 1.807) is 44.2 Å². The van der Waals surface area contributed by atoms with E-state index in [0.29, 0.717) is 28.7 Å². The molecule has 2 N–H and O–H groups in total. The van der Waals surface area contributed by atoms with E-state index in [4.69, 9.17) is 4.74 Å². The molecule has 8 heteroatoms. The van der Waals surface area contributed by atoms with Gasteiger partial charge in [0, 0.05) is 24.8 Å². The zero-order valence-corrected chi connectivity index (χ0v) is 16.4. The molecule has 7 nitrogen and oxygen atoms in total. The number of aromatic amines is 1. The summed E-state index contributed by atoms with van der Waals surface area (Å²) in [7, 11) is 1.45. The number of ether oxygens (including phenoxy) is 1. The van der Waals surface area contributed by atoms with Crippen molar-refractivity contribution in [2.75, 3.05) is 7.11 Å². The molecule has 3 rings (SSSR count). The molecule has 0 saturated heterocycles. The molecule has 1 amide bonds. The number of carbonyl (C=O) groups is 1. The molecule has 0 bridgehead atoms. The molecule has 2 aromatic carbocycles. The second kappa shape index (κ2) is 8.40. The number of nitrogens with one attached hydrogen (secondary N) is 2. The first-order valence-electron chi connectivity index (χ1n) is 9.22. The van der Waals surface area contributed by atoms with Crippen molar-refractivity contribution < 1.29 is 13.9 Å². The van der Waals surface area contributed by atoms with Gasteiger partial charge >= 0.3 is 11.1 Å². The Kier molecular flexibility index (Phi) is 5.93. The van der Waals surface area contributed by atoms with Gasteiger partial charge in [-0.25, -0.2) is 4.39 Å². The molecule has 2 atom stereocenters. The van der Waals surface area contributed by atoms with Crippen molar-refractivity contribution >= 4 is 16.9 Å². The number of methoxy groups -OCH3 is 1. The number of aromatic nitrogens is 2. The van der Waals surface area contributed by atoms with Gasteiger partial charge in [0.1, 0.15) is 11.9 Å². The number of hydrogen-bond donors (Lipinski definition) is 2. The van der Waals surface area contributed by atoms with Crippen LogP contribution in [-0.4, -0.2) is 28.6 Å². The van der Waals surface area contributed by atoms with Crippen molar-refractivity contribution in [1.29, 1.82) is 0 Å². The van der Waals surface area contributed by atoms with E-state index in [1.807, 2.05) is 0 Å². The maximum absolute atomic E-state index is 14.1. The van der Waals surface area contributed by atoms with Crippen molar-refractivity contribution in [3.05, 3.63) is 80.1 Å². The fourth-order valence-corrected chi connectivity index (χ4v) is 3.41. The highest BCUT2D eigenvalue weighted by molar-refractivity contribution is 5.97. The molecule has 0 saturated carbocycles. The van der Waals surface area contributed by atoms with Gasteiger partial charge in [-0.05, 0) is 38.1 Å². The fraction of sp³-hybridized carbons (Fsp3) is 0.286. The molecule has 0 spiro atoms. The molecule has 2 unspecified atom stereocenters. The maximum Gasteiger partial charge on any atom is 0.316 e. The number of H-pyrrole nitrogens is 1. The SMILES string of the molecule is CCn1c(=O)c(=O)[nH]c2cc(C(=O)NC(C)C(OC)c3ccccc3F)ccc21. The van der Waals surface area contributed by atoms with Gasteiger partial charge < -0.3 is 19.6 Å². The molecule has 29 heavy (non-hydrogen) atoms. The summed E-state index contributed by atoms with van der Waals surface area (Å²) in [6, 6.07) is 10.4. The third-order valence-electron chi connectivity index (χ3n) is 4.83. The van der Waals surface area contributed by atoms with Gasteiger partial charge in [0.25, 0.3) is 5.91 Å². The van der Waals surface area contributed by atoms with Crippen LogP contribution in [0.3, 0.4) is 0 Å². The van der Waals surface area contributed by atoms with Crippen molar-refractivity contribution in [2.45, 2.75) is 32.5 Å². The molecular formula is C21H22FN3O4. The second-order valence-corrected chi connectivity index (χ2v) is 6.68. The van der Waals surface area contributed by atoms with E-state index in [1.165, 1.54) is 23.8 Å². The first-order valence-corrected chi connectivity index (χ1v) is 9.22. The quantitative estimate of drug-likeness (QED) is 0.623. The van der Waals surface area contributed by atoms with Crippen LogP contribution in [-0.2, 0) is 11.3 Å². The Morgan fingerprint density at radius 3 is 2.62 bits per heavy atom. The van der Waals surface area contributed by atoms with E-state index >= 15 is 0 Å². The average molecular weight is 399 g/mol. The van der Waals surface area contributed by atoms with Gasteiger partial charge in [-0.2, -0.15) is 0 Å². The summed E-state index contributed by atoms with van der Waals surface area (Å²) in [5, 5.41) is 2.80. The van der Waals surface area contributed by atoms with Crippen LogP contribution in [0.25, 0.3) is 11.0 Å². The van der Waals surface area contributed by atoms with Crippen molar-refractivity contribution in [3.8, 4) is 0 Å². The third kappa shape index (κ3) is 3.97. The molecule has 0 aliphatic rings. The largest absolute Gasteiger partial charge is 0.375 e. The average Bonchev–Trinajstić information content (AvgIpc) is 2.70. The van der Waals surface area contributed by atoms with Gasteiger partial charge in [0.15, 0.2) is 0 Å². The standard InChI is InChI=1S/C21H22FN3O4/c1-4-25-17-10-9-13(11-16(17)24-20(27)21(25)28)19(26)23-12(2)18(29-3)14-7-5-6-8-15(14)22/h5-12,18H,4H2,1-3H3,(H,23,26)(H,24,27). The summed E-state index contributed by atoms with van der Waals surface area (Å²) >= 11 is 0. The first kappa shape index (κ1) is 20.5. The first-order chi connectivity index (χ1) is 13.9. The monoisotopic (exact) mass is 399 g/mol. The number of carbonyl (C=O) groups excluding carboxylic acids is 1. The zero-order chi connectivity index (χ0) is 21.1. The highest BCUT2D eigenvalue weighted by Gasteiger charge is 2.24. The van der Waals surface area contributed by atoms with Crippen LogP contribution in [0.2, 0.25) is 0 Å². The third-order valence-corrected chi connectivity index (χ3v) is 4.83. The summed E-state index contributed by atoms with van der Waals surface area (Å²) in [6.07, 6.45) is -0.675. The van der Waals surface area contributed by atoms with Crippen LogP contribution in [0, 0.1) is 5.82 Å². The van der Waals surface area contributed by atoms with Gasteiger partial charge in [0.2, 0.25) is 0 Å². The van der Waals surface area contributed by atoms with E-state index in [-0.39, 0.29) is 0 Å². The highest BCUT2D eigenvalue weighted by atomic mass is 19.1. The Bertz CT molecular complexity index is 1170. The van der Waals surface area contributed by atoms with Crippen molar-refractivity contribution in [2.24, 2.45) is 0 Å². The molecule has 152 valence electrons. The van der Waals surface area contributed by atoms with E-state index in [2.05, 4.69) is 10.3 Å². The highest BCUT2D eigenvalue weighted by Crippen LogP contribution is 2.23. The van der Waals surface area contributed by atoms with Gasteiger partial charge in [-0.15, -0.1) is 0 Å². The summed E-state index contributed by atoms with van der Waals surface area (Å²) in [5.41, 5.74) is 0.169. The van der Waals surface area contributed by atoms with Gasteiger partial charge in [-0.3, -0.25) is 14.4 Å². The molecule has 1 heterocycles. The van der Waals surface area contributed by atoms with E-state index < -0.39 is 35.0 Å². The number of nitrogens with zero attached hydrogens (tertiary/aromatic N) is 1. The molecule has 0 aliphatic carbocycles. The predicted octanol–water partition coefficient (Wildman–Crippen LogP) is 2.35. The van der Waals surface area contributed by atoms with Crippen LogP contribution in [0.1, 0.15) is 35.9 Å². The Morgan fingerprint density at radius 1 is 1.24 bits per heavy atom. The lowest BCUT2D eigenvalue weighted by atomic mass is 10.0. The number of amides is 1. The fourth-order valence-electron chi connectivity index (χ4n) is 3.41. The van der Waals surface area contributed by atoms with Crippen molar-refractivity contribution in [3.63, 3.8) is 0 Å². The number of halogens is 1. The van der Waals surface area contributed by atoms with E-state index in [9.17, 15) is 18.8 Å². The van der Waals surface area contributed by atoms with Crippen LogP contribution in [0.4, 0.5) is 4.39 Å². The van der Waals surface area contributed by atoms with Crippen LogP contribution in [0.5, 0.6) is 0 Å². The predicted molar refractivity (Wildman–Crippen MR) is 108 cm³/mol. The van der Waals surface area contributed by atoms with Crippen molar-refractivity contribution in [1.82, 2.24) is 14.9 Å². The number of benzene rings is 2. The van der Waals surface area contributed by atoms with Crippen LogP contribution < -0.4 is 16.4 Å². The minimum absolute atomic E-state index is 0.296. The molecule has 1 aromatic heterocycles. The van der Waals surface area contributed by atoms with Crippen LogP contribution >= 0.6 is 0 Å². The Morgan fingerprint density at radius 2 is 1.97 bits per heavy atom. The number of aryl methyl sites for hydroxylation is 1. The normalized spacial score (nSPS) is 13.2. The summed E-state index contributed by atoms with van der Waals surface area (Å²) in [6.45, 7) is 3.81. The number of hydrogen-bond acceptors (Lipinski definition) is 4. The second-order valence-electron chi connectivity index (χ2n) is 6.68. The Hall–Kier alpha value is -3.26. The summed E-state index contributed by atoms with van der Waals surface area (Å²) in [4.78, 5) is 39.0. The molecule has 0 radical (unpaired) electrons. The molecule has 0 fully saturated rings. The molecule has 0 aliphatic heterocycles. The van der Waals surface area contributed by atoms with Gasteiger partial charge in [0.05, 0.1) is 17.1 Å². The lowest BCUT2D eigenvalue weighted by Gasteiger charge is -2.24. The maximum atomic E-state index is 14.1. The summed E-state index contributed by atoms with van der Waals surface area (Å²) < 4.78 is 20.9. The number of rotatable bonds is 6. The Labute approximate surface area is 166 Å².